The molecule has 3 atom stereocenters. The number of fused-ring (bicyclic) bond motifs is 1. The summed E-state index contributed by atoms with van der Waals surface area (Å²) in [6.45, 7) is 3.27. The van der Waals surface area contributed by atoms with Gasteiger partial charge in [0, 0.05) is 18.6 Å². The lowest BCUT2D eigenvalue weighted by Gasteiger charge is -2.37. The first-order chi connectivity index (χ1) is 7.33. The van der Waals surface area contributed by atoms with Crippen LogP contribution in [0.5, 0.6) is 0 Å². The van der Waals surface area contributed by atoms with Crippen LogP contribution in [0, 0.1) is 5.92 Å². The summed E-state index contributed by atoms with van der Waals surface area (Å²) < 4.78 is 5.92. The summed E-state index contributed by atoms with van der Waals surface area (Å²) in [5.74, 6) is 0.917. The number of hydrogen-bond acceptors (Lipinski definition) is 3. The van der Waals surface area contributed by atoms with Crippen LogP contribution in [-0.4, -0.2) is 42.8 Å². The standard InChI is InChI=1S/C12H22N2O/c13-11(6-9-3-4-9)12-7-14-5-1-2-10(14)8-15-12/h9-12H,1-8,13H2. The molecule has 0 aromatic rings. The van der Waals surface area contributed by atoms with Gasteiger partial charge in [-0.05, 0) is 31.7 Å². The number of ether oxygens (including phenoxy) is 1. The molecule has 0 radical (unpaired) electrons. The fraction of sp³-hybridized carbons (Fsp3) is 1.00. The highest BCUT2D eigenvalue weighted by molar-refractivity contribution is 4.91. The predicted molar refractivity (Wildman–Crippen MR) is 59.7 cm³/mol. The second kappa shape index (κ2) is 4.04. The smallest absolute Gasteiger partial charge is 0.0853 e. The molecule has 2 aliphatic heterocycles. The van der Waals surface area contributed by atoms with E-state index in [9.17, 15) is 0 Å². The second-order valence-corrected chi connectivity index (χ2v) is 5.51. The number of morpholine rings is 1. The lowest BCUT2D eigenvalue weighted by Crippen LogP contribution is -2.52. The van der Waals surface area contributed by atoms with Crippen LogP contribution < -0.4 is 5.73 Å². The Morgan fingerprint density at radius 2 is 2.20 bits per heavy atom. The van der Waals surface area contributed by atoms with E-state index in [-0.39, 0.29) is 6.04 Å². The van der Waals surface area contributed by atoms with Crippen LogP contribution in [0.1, 0.15) is 32.1 Å². The Kier molecular flexibility index (Phi) is 2.71. The molecule has 3 nitrogen and oxygen atoms in total. The van der Waals surface area contributed by atoms with E-state index < -0.39 is 0 Å². The molecule has 1 aliphatic carbocycles. The zero-order valence-electron chi connectivity index (χ0n) is 9.40. The summed E-state index contributed by atoms with van der Waals surface area (Å²) in [7, 11) is 0. The third-order valence-electron chi connectivity index (χ3n) is 4.20. The number of hydrogen-bond donors (Lipinski definition) is 1. The van der Waals surface area contributed by atoms with Gasteiger partial charge in [-0.3, -0.25) is 4.90 Å². The molecule has 1 saturated carbocycles. The normalized spacial score (nSPS) is 39.0. The molecule has 2 heterocycles. The van der Waals surface area contributed by atoms with Crippen molar-refractivity contribution in [2.45, 2.75) is 50.3 Å². The first kappa shape index (κ1) is 10.1. The van der Waals surface area contributed by atoms with Crippen LogP contribution >= 0.6 is 0 Å². The van der Waals surface area contributed by atoms with Gasteiger partial charge in [-0.2, -0.15) is 0 Å². The van der Waals surface area contributed by atoms with Crippen molar-refractivity contribution in [3.63, 3.8) is 0 Å². The summed E-state index contributed by atoms with van der Waals surface area (Å²) in [6, 6.07) is 0.980. The van der Waals surface area contributed by atoms with Crippen LogP contribution in [0.3, 0.4) is 0 Å². The number of nitrogens with zero attached hydrogens (tertiary/aromatic N) is 1. The molecule has 3 fully saturated rings. The molecule has 3 aliphatic rings. The zero-order chi connectivity index (χ0) is 10.3. The highest BCUT2D eigenvalue weighted by Gasteiger charge is 2.36. The van der Waals surface area contributed by atoms with E-state index in [2.05, 4.69) is 4.90 Å². The number of rotatable bonds is 3. The molecule has 15 heavy (non-hydrogen) atoms. The quantitative estimate of drug-likeness (QED) is 0.754. The largest absolute Gasteiger partial charge is 0.374 e. The topological polar surface area (TPSA) is 38.5 Å². The fourth-order valence-corrected chi connectivity index (χ4v) is 2.99. The Bertz CT molecular complexity index is 230. The molecule has 2 saturated heterocycles. The van der Waals surface area contributed by atoms with Gasteiger partial charge in [0.1, 0.15) is 0 Å². The highest BCUT2D eigenvalue weighted by atomic mass is 16.5. The Morgan fingerprint density at radius 1 is 1.33 bits per heavy atom. The van der Waals surface area contributed by atoms with Gasteiger partial charge in [-0.15, -0.1) is 0 Å². The average Bonchev–Trinajstić information content (AvgIpc) is 2.94. The maximum Gasteiger partial charge on any atom is 0.0853 e. The summed E-state index contributed by atoms with van der Waals surface area (Å²) in [4.78, 5) is 2.58. The monoisotopic (exact) mass is 210 g/mol. The molecular weight excluding hydrogens is 188 g/mol. The predicted octanol–water partition coefficient (Wildman–Crippen LogP) is 0.977. The van der Waals surface area contributed by atoms with Gasteiger partial charge >= 0.3 is 0 Å². The van der Waals surface area contributed by atoms with E-state index in [1.165, 1.54) is 38.6 Å². The molecule has 3 rings (SSSR count). The van der Waals surface area contributed by atoms with Crippen molar-refractivity contribution >= 4 is 0 Å². The third-order valence-corrected chi connectivity index (χ3v) is 4.20. The van der Waals surface area contributed by atoms with Crippen LogP contribution in [0.25, 0.3) is 0 Å². The first-order valence-corrected chi connectivity index (χ1v) is 6.44. The molecule has 0 spiro atoms. The molecule has 2 N–H and O–H groups in total. The fourth-order valence-electron chi connectivity index (χ4n) is 2.99. The minimum absolute atomic E-state index is 0.277. The van der Waals surface area contributed by atoms with Gasteiger partial charge in [0.15, 0.2) is 0 Å². The summed E-state index contributed by atoms with van der Waals surface area (Å²) in [5.41, 5.74) is 6.22. The van der Waals surface area contributed by atoms with Crippen molar-refractivity contribution in [3.8, 4) is 0 Å². The summed E-state index contributed by atoms with van der Waals surface area (Å²) in [6.07, 6.45) is 6.95. The van der Waals surface area contributed by atoms with E-state index in [1.54, 1.807) is 0 Å². The zero-order valence-corrected chi connectivity index (χ0v) is 9.40. The van der Waals surface area contributed by atoms with Crippen LogP contribution in [0.2, 0.25) is 0 Å². The lowest BCUT2D eigenvalue weighted by atomic mass is 10.0. The molecule has 3 heteroatoms. The van der Waals surface area contributed by atoms with Crippen molar-refractivity contribution in [2.24, 2.45) is 11.7 Å². The SMILES string of the molecule is NC(CC1CC1)C1CN2CCCC2CO1. The maximum absolute atomic E-state index is 6.22. The van der Waals surface area contributed by atoms with Gasteiger partial charge in [-0.25, -0.2) is 0 Å². The summed E-state index contributed by atoms with van der Waals surface area (Å²) >= 11 is 0. The molecule has 3 unspecified atom stereocenters. The summed E-state index contributed by atoms with van der Waals surface area (Å²) in [5, 5.41) is 0. The van der Waals surface area contributed by atoms with Crippen LogP contribution in [-0.2, 0) is 4.74 Å². The van der Waals surface area contributed by atoms with Crippen molar-refractivity contribution in [3.05, 3.63) is 0 Å². The van der Waals surface area contributed by atoms with Crippen LogP contribution in [0.15, 0.2) is 0 Å². The van der Waals surface area contributed by atoms with Gasteiger partial charge in [0.05, 0.1) is 12.7 Å². The lowest BCUT2D eigenvalue weighted by molar-refractivity contribution is -0.0606. The average molecular weight is 210 g/mol. The second-order valence-electron chi connectivity index (χ2n) is 5.51. The van der Waals surface area contributed by atoms with Gasteiger partial charge in [-0.1, -0.05) is 12.8 Å². The van der Waals surface area contributed by atoms with Crippen molar-refractivity contribution in [1.29, 1.82) is 0 Å². The Balaban J connectivity index is 1.53. The van der Waals surface area contributed by atoms with Gasteiger partial charge in [0.25, 0.3) is 0 Å². The Morgan fingerprint density at radius 3 is 3.00 bits per heavy atom. The van der Waals surface area contributed by atoms with E-state index in [0.717, 1.165) is 19.1 Å². The minimum Gasteiger partial charge on any atom is -0.374 e. The van der Waals surface area contributed by atoms with Crippen molar-refractivity contribution < 1.29 is 4.74 Å². The highest BCUT2D eigenvalue weighted by Crippen LogP contribution is 2.34. The maximum atomic E-state index is 6.22. The minimum atomic E-state index is 0.277. The van der Waals surface area contributed by atoms with E-state index in [4.69, 9.17) is 10.5 Å². The molecular formula is C12H22N2O. The van der Waals surface area contributed by atoms with E-state index in [0.29, 0.717) is 12.1 Å². The molecule has 0 aromatic carbocycles. The molecule has 0 bridgehead atoms. The van der Waals surface area contributed by atoms with E-state index in [1.807, 2.05) is 0 Å². The Labute approximate surface area is 91.9 Å². The van der Waals surface area contributed by atoms with Gasteiger partial charge < -0.3 is 10.5 Å². The van der Waals surface area contributed by atoms with E-state index >= 15 is 0 Å². The van der Waals surface area contributed by atoms with Crippen LogP contribution in [0.4, 0.5) is 0 Å². The van der Waals surface area contributed by atoms with Crippen molar-refractivity contribution in [2.75, 3.05) is 19.7 Å². The van der Waals surface area contributed by atoms with Crippen molar-refractivity contribution in [1.82, 2.24) is 4.90 Å². The molecule has 86 valence electrons. The Hall–Kier alpha value is -0.120. The number of nitrogens with two attached hydrogens (primary N) is 1. The molecule has 0 aromatic heterocycles. The molecule has 0 amide bonds. The first-order valence-electron chi connectivity index (χ1n) is 6.44. The third kappa shape index (κ3) is 2.19. The van der Waals surface area contributed by atoms with Gasteiger partial charge in [0.2, 0.25) is 0 Å².